The summed E-state index contributed by atoms with van der Waals surface area (Å²) in [6.45, 7) is 5.27. The van der Waals surface area contributed by atoms with Crippen molar-refractivity contribution < 1.29 is 23.7 Å². The third kappa shape index (κ3) is 3.02. The summed E-state index contributed by atoms with van der Waals surface area (Å²) < 4.78 is 22.4. The van der Waals surface area contributed by atoms with Crippen molar-refractivity contribution in [1.82, 2.24) is 0 Å². The molecule has 2 saturated heterocycles. The Morgan fingerprint density at radius 2 is 2.11 bits per heavy atom. The molecule has 2 aliphatic rings. The number of esters is 1. The topological polar surface area (TPSA) is 54.0 Å². The third-order valence-corrected chi connectivity index (χ3v) is 3.48. The summed E-state index contributed by atoms with van der Waals surface area (Å²) in [5.74, 6) is -0.742. The summed E-state index contributed by atoms with van der Waals surface area (Å²) in [7, 11) is 0. The normalized spacial score (nSPS) is 29.9. The molecule has 0 radical (unpaired) electrons. The minimum atomic E-state index is -0.513. The van der Waals surface area contributed by atoms with Crippen LogP contribution in [0.4, 0.5) is 0 Å². The highest BCUT2D eigenvalue weighted by Crippen LogP contribution is 2.40. The molecule has 0 aromatic rings. The van der Waals surface area contributed by atoms with Gasteiger partial charge in [0.2, 0.25) is 0 Å². The van der Waals surface area contributed by atoms with Crippen LogP contribution < -0.4 is 0 Å². The molecule has 18 heavy (non-hydrogen) atoms. The molecule has 0 aromatic carbocycles. The Morgan fingerprint density at radius 3 is 2.72 bits per heavy atom. The first-order valence-electron chi connectivity index (χ1n) is 6.73. The first-order valence-corrected chi connectivity index (χ1v) is 6.73. The van der Waals surface area contributed by atoms with E-state index in [9.17, 15) is 4.79 Å². The van der Waals surface area contributed by atoms with Gasteiger partial charge >= 0.3 is 5.97 Å². The highest BCUT2D eigenvalue weighted by Gasteiger charge is 2.51. The monoisotopic (exact) mass is 258 g/mol. The van der Waals surface area contributed by atoms with Gasteiger partial charge < -0.3 is 18.9 Å². The lowest BCUT2D eigenvalue weighted by Crippen LogP contribution is -2.38. The van der Waals surface area contributed by atoms with Crippen LogP contribution in [0.3, 0.4) is 0 Å². The first-order chi connectivity index (χ1) is 8.66. The van der Waals surface area contributed by atoms with Gasteiger partial charge in [-0.3, -0.25) is 4.79 Å². The predicted octanol–water partition coefficient (Wildman–Crippen LogP) is 1.64. The molecular formula is C13H22O5. The van der Waals surface area contributed by atoms with Gasteiger partial charge in [0, 0.05) is 13.3 Å². The number of carbonyl (C=O) groups is 1. The van der Waals surface area contributed by atoms with Crippen molar-refractivity contribution in [2.75, 3.05) is 19.8 Å². The molecule has 2 aliphatic heterocycles. The van der Waals surface area contributed by atoms with Gasteiger partial charge in [0.05, 0.1) is 25.9 Å². The van der Waals surface area contributed by atoms with Crippen LogP contribution in [0.15, 0.2) is 0 Å². The Bertz CT molecular complexity index is 285. The Balaban J connectivity index is 1.77. The van der Waals surface area contributed by atoms with E-state index >= 15 is 0 Å². The molecular weight excluding hydrogens is 236 g/mol. The van der Waals surface area contributed by atoms with E-state index in [0.29, 0.717) is 19.8 Å². The Hall–Kier alpha value is -0.650. The van der Waals surface area contributed by atoms with Gasteiger partial charge in [-0.05, 0) is 19.3 Å². The molecule has 5 heteroatoms. The Labute approximate surface area is 108 Å². The number of carbonyl (C=O) groups excluding carboxylic acids is 1. The second-order valence-corrected chi connectivity index (χ2v) is 4.85. The van der Waals surface area contributed by atoms with E-state index in [0.717, 1.165) is 25.7 Å². The van der Waals surface area contributed by atoms with Gasteiger partial charge in [-0.2, -0.15) is 0 Å². The summed E-state index contributed by atoms with van der Waals surface area (Å²) in [5.41, 5.74) is 0. The van der Waals surface area contributed by atoms with E-state index in [1.165, 1.54) is 6.92 Å². The molecule has 0 N–H and O–H groups in total. The van der Waals surface area contributed by atoms with Gasteiger partial charge in [0.25, 0.3) is 0 Å². The van der Waals surface area contributed by atoms with Crippen LogP contribution in [0.2, 0.25) is 0 Å². The number of hydrogen-bond donors (Lipinski definition) is 0. The fraction of sp³-hybridized carbons (Fsp3) is 0.923. The minimum absolute atomic E-state index is 0.0266. The van der Waals surface area contributed by atoms with Crippen LogP contribution in [0, 0.1) is 0 Å². The van der Waals surface area contributed by atoms with Crippen LogP contribution in [0.1, 0.15) is 39.5 Å². The molecule has 2 fully saturated rings. The zero-order valence-corrected chi connectivity index (χ0v) is 11.1. The van der Waals surface area contributed by atoms with Gasteiger partial charge in [0.15, 0.2) is 5.79 Å². The number of rotatable bonds is 5. The van der Waals surface area contributed by atoms with Crippen molar-refractivity contribution in [3.05, 3.63) is 0 Å². The third-order valence-electron chi connectivity index (χ3n) is 3.48. The van der Waals surface area contributed by atoms with Crippen molar-refractivity contribution in [1.29, 1.82) is 0 Å². The molecule has 0 aliphatic carbocycles. The van der Waals surface area contributed by atoms with E-state index < -0.39 is 5.79 Å². The van der Waals surface area contributed by atoms with E-state index in [1.807, 2.05) is 0 Å². The summed E-state index contributed by atoms with van der Waals surface area (Å²) >= 11 is 0. The number of ether oxygens (including phenoxy) is 4. The summed E-state index contributed by atoms with van der Waals surface area (Å²) in [6.07, 6.45) is 3.53. The van der Waals surface area contributed by atoms with Crippen LogP contribution in [-0.4, -0.2) is 43.8 Å². The minimum Gasteiger partial charge on any atom is -0.466 e. The maximum atomic E-state index is 10.6. The van der Waals surface area contributed by atoms with E-state index in [1.54, 1.807) is 0 Å². The van der Waals surface area contributed by atoms with Gasteiger partial charge in [-0.1, -0.05) is 6.92 Å². The average Bonchev–Trinajstić information content (AvgIpc) is 2.93. The Morgan fingerprint density at radius 1 is 1.39 bits per heavy atom. The second-order valence-electron chi connectivity index (χ2n) is 4.85. The summed E-state index contributed by atoms with van der Waals surface area (Å²) in [6, 6.07) is 0. The lowest BCUT2D eigenvalue weighted by Gasteiger charge is -2.26. The molecule has 1 spiro atoms. The number of hydrogen-bond acceptors (Lipinski definition) is 5. The maximum Gasteiger partial charge on any atom is 0.302 e. The van der Waals surface area contributed by atoms with E-state index in [-0.39, 0.29) is 18.2 Å². The molecule has 0 saturated carbocycles. The fourth-order valence-electron chi connectivity index (χ4n) is 2.71. The van der Waals surface area contributed by atoms with E-state index in [2.05, 4.69) is 6.92 Å². The second kappa shape index (κ2) is 5.99. The lowest BCUT2D eigenvalue weighted by atomic mass is 10.0. The quantitative estimate of drug-likeness (QED) is 0.554. The lowest BCUT2D eigenvalue weighted by molar-refractivity contribution is -0.190. The first kappa shape index (κ1) is 13.8. The molecule has 0 aromatic heterocycles. The highest BCUT2D eigenvalue weighted by atomic mass is 16.8. The SMILES string of the molecule is CC[C@H]1O[C@@H](CCCOC(C)=O)CC12OCCO2. The van der Waals surface area contributed by atoms with Crippen molar-refractivity contribution in [2.24, 2.45) is 0 Å². The van der Waals surface area contributed by atoms with Crippen LogP contribution in [-0.2, 0) is 23.7 Å². The Kier molecular flexibility index (Phi) is 4.59. The van der Waals surface area contributed by atoms with Crippen molar-refractivity contribution in [3.63, 3.8) is 0 Å². The van der Waals surface area contributed by atoms with Gasteiger partial charge in [0.1, 0.15) is 6.10 Å². The highest BCUT2D eigenvalue weighted by molar-refractivity contribution is 5.65. The average molecular weight is 258 g/mol. The molecule has 0 amide bonds. The summed E-state index contributed by atoms with van der Waals surface area (Å²) in [4.78, 5) is 10.6. The molecule has 2 rings (SSSR count). The molecule has 2 atom stereocenters. The van der Waals surface area contributed by atoms with Crippen molar-refractivity contribution in [3.8, 4) is 0 Å². The summed E-state index contributed by atoms with van der Waals surface area (Å²) in [5, 5.41) is 0. The fourth-order valence-corrected chi connectivity index (χ4v) is 2.71. The maximum absolute atomic E-state index is 10.6. The van der Waals surface area contributed by atoms with E-state index in [4.69, 9.17) is 18.9 Å². The van der Waals surface area contributed by atoms with Crippen LogP contribution >= 0.6 is 0 Å². The van der Waals surface area contributed by atoms with Gasteiger partial charge in [-0.25, -0.2) is 0 Å². The van der Waals surface area contributed by atoms with Crippen LogP contribution in [0.25, 0.3) is 0 Å². The van der Waals surface area contributed by atoms with Gasteiger partial charge in [-0.15, -0.1) is 0 Å². The molecule has 104 valence electrons. The molecule has 0 bridgehead atoms. The molecule has 0 unspecified atom stereocenters. The largest absolute Gasteiger partial charge is 0.466 e. The zero-order valence-electron chi connectivity index (χ0n) is 11.1. The predicted molar refractivity (Wildman–Crippen MR) is 64.1 cm³/mol. The van der Waals surface area contributed by atoms with Crippen molar-refractivity contribution >= 4 is 5.97 Å². The van der Waals surface area contributed by atoms with Crippen molar-refractivity contribution in [2.45, 2.75) is 57.5 Å². The zero-order chi connectivity index (χ0) is 13.0. The van der Waals surface area contributed by atoms with Crippen LogP contribution in [0.5, 0.6) is 0 Å². The smallest absolute Gasteiger partial charge is 0.302 e. The molecule has 2 heterocycles. The molecule has 5 nitrogen and oxygen atoms in total. The standard InChI is InChI=1S/C13H22O5/c1-3-12-13(16-7-8-17-13)9-11(18-12)5-4-6-15-10(2)14/h11-12H,3-9H2,1-2H3/t11-,12+/m0/s1.